The molecule has 0 spiro atoms. The third-order valence-electron chi connectivity index (χ3n) is 2.60. The van der Waals surface area contributed by atoms with E-state index in [-0.39, 0.29) is 17.5 Å². The maximum atomic E-state index is 11.6. The molecule has 0 radical (unpaired) electrons. The fourth-order valence-electron chi connectivity index (χ4n) is 1.77. The van der Waals surface area contributed by atoms with E-state index in [0.29, 0.717) is 6.61 Å². The van der Waals surface area contributed by atoms with Crippen LogP contribution < -0.4 is 5.56 Å². The van der Waals surface area contributed by atoms with Crippen molar-refractivity contribution in [3.8, 4) is 0 Å². The van der Waals surface area contributed by atoms with E-state index in [9.17, 15) is 14.9 Å². The third kappa shape index (κ3) is 2.11. The molecular weight excluding hydrogens is 212 g/mol. The van der Waals surface area contributed by atoms with Gasteiger partial charge in [0.15, 0.2) is 0 Å². The number of hydrogen-bond donors (Lipinski definition) is 0. The molecular formula is C10H12N2O4. The quantitative estimate of drug-likeness (QED) is 0.563. The van der Waals surface area contributed by atoms with Gasteiger partial charge in [-0.25, -0.2) is 0 Å². The van der Waals surface area contributed by atoms with Crippen molar-refractivity contribution >= 4 is 5.69 Å². The minimum Gasteiger partial charge on any atom is -0.358 e. The molecule has 2 heterocycles. The Kier molecular flexibility index (Phi) is 3.00. The SMILES string of the molecule is O=c1ccc([N+](=O)[O-])cn1C1CCCCO1. The smallest absolute Gasteiger partial charge is 0.285 e. The Morgan fingerprint density at radius 1 is 1.44 bits per heavy atom. The molecule has 6 nitrogen and oxygen atoms in total. The maximum absolute atomic E-state index is 11.6. The minimum absolute atomic E-state index is 0.0891. The summed E-state index contributed by atoms with van der Waals surface area (Å²) in [6, 6.07) is 2.41. The highest BCUT2D eigenvalue weighted by atomic mass is 16.6. The molecule has 0 N–H and O–H groups in total. The average Bonchev–Trinajstić information content (AvgIpc) is 2.30. The number of hydrogen-bond acceptors (Lipinski definition) is 4. The molecule has 1 aliphatic heterocycles. The molecule has 1 atom stereocenters. The van der Waals surface area contributed by atoms with Crippen LogP contribution in [-0.4, -0.2) is 16.1 Å². The summed E-state index contributed by atoms with van der Waals surface area (Å²) in [5, 5.41) is 10.6. The van der Waals surface area contributed by atoms with Crippen molar-refractivity contribution in [1.82, 2.24) is 4.57 Å². The summed E-state index contributed by atoms with van der Waals surface area (Å²) in [4.78, 5) is 21.6. The summed E-state index contributed by atoms with van der Waals surface area (Å²) in [6.07, 6.45) is 3.56. The number of pyridine rings is 1. The van der Waals surface area contributed by atoms with Crippen molar-refractivity contribution in [2.24, 2.45) is 0 Å². The van der Waals surface area contributed by atoms with E-state index in [1.807, 2.05) is 0 Å². The van der Waals surface area contributed by atoms with Gasteiger partial charge in [0.05, 0.1) is 11.1 Å². The summed E-state index contributed by atoms with van der Waals surface area (Å²) in [6.45, 7) is 0.597. The van der Waals surface area contributed by atoms with E-state index < -0.39 is 4.92 Å². The van der Waals surface area contributed by atoms with Crippen molar-refractivity contribution in [3.63, 3.8) is 0 Å². The molecule has 0 saturated carbocycles. The van der Waals surface area contributed by atoms with Gasteiger partial charge in [-0.05, 0) is 19.3 Å². The molecule has 1 saturated heterocycles. The van der Waals surface area contributed by atoms with Crippen LogP contribution in [0.4, 0.5) is 5.69 Å². The zero-order valence-corrected chi connectivity index (χ0v) is 8.67. The fraction of sp³-hybridized carbons (Fsp3) is 0.500. The van der Waals surface area contributed by atoms with Crippen molar-refractivity contribution in [2.75, 3.05) is 6.61 Å². The van der Waals surface area contributed by atoms with Crippen molar-refractivity contribution < 1.29 is 9.66 Å². The minimum atomic E-state index is -0.515. The first-order valence-corrected chi connectivity index (χ1v) is 5.16. The van der Waals surface area contributed by atoms with Gasteiger partial charge in [0.1, 0.15) is 6.23 Å². The van der Waals surface area contributed by atoms with Gasteiger partial charge in [-0.2, -0.15) is 0 Å². The van der Waals surface area contributed by atoms with Crippen molar-refractivity contribution in [3.05, 3.63) is 38.8 Å². The summed E-state index contributed by atoms with van der Waals surface area (Å²) in [5.74, 6) is 0. The Hall–Kier alpha value is -1.69. The van der Waals surface area contributed by atoms with E-state index >= 15 is 0 Å². The topological polar surface area (TPSA) is 74.4 Å². The van der Waals surface area contributed by atoms with Crippen LogP contribution in [0.2, 0.25) is 0 Å². The lowest BCUT2D eigenvalue weighted by atomic mass is 10.2. The van der Waals surface area contributed by atoms with Gasteiger partial charge in [-0.1, -0.05) is 0 Å². The maximum Gasteiger partial charge on any atom is 0.285 e. The van der Waals surface area contributed by atoms with Crippen LogP contribution in [-0.2, 0) is 4.74 Å². The summed E-state index contributed by atoms with van der Waals surface area (Å²) >= 11 is 0. The lowest BCUT2D eigenvalue weighted by Crippen LogP contribution is -2.28. The summed E-state index contributed by atoms with van der Waals surface area (Å²) in [5.41, 5.74) is -0.355. The van der Waals surface area contributed by atoms with E-state index in [0.717, 1.165) is 19.3 Å². The van der Waals surface area contributed by atoms with Crippen LogP contribution in [0.15, 0.2) is 23.1 Å². The number of nitrogens with zero attached hydrogens (tertiary/aromatic N) is 2. The highest BCUT2D eigenvalue weighted by Gasteiger charge is 2.18. The van der Waals surface area contributed by atoms with Gasteiger partial charge in [-0.3, -0.25) is 19.5 Å². The van der Waals surface area contributed by atoms with Crippen LogP contribution >= 0.6 is 0 Å². The van der Waals surface area contributed by atoms with Gasteiger partial charge in [-0.15, -0.1) is 0 Å². The molecule has 1 aliphatic rings. The first-order valence-electron chi connectivity index (χ1n) is 5.16. The third-order valence-corrected chi connectivity index (χ3v) is 2.60. The van der Waals surface area contributed by atoms with E-state index in [4.69, 9.17) is 4.74 Å². The molecule has 1 aromatic heterocycles. The first-order chi connectivity index (χ1) is 7.68. The van der Waals surface area contributed by atoms with E-state index in [2.05, 4.69) is 0 Å². The number of ether oxygens (including phenoxy) is 1. The van der Waals surface area contributed by atoms with Crippen molar-refractivity contribution in [2.45, 2.75) is 25.5 Å². The van der Waals surface area contributed by atoms with Gasteiger partial charge < -0.3 is 4.74 Å². The second-order valence-electron chi connectivity index (χ2n) is 3.71. The van der Waals surface area contributed by atoms with Crippen LogP contribution in [0.1, 0.15) is 25.5 Å². The lowest BCUT2D eigenvalue weighted by molar-refractivity contribution is -0.385. The average molecular weight is 224 g/mol. The number of nitro groups is 1. The van der Waals surface area contributed by atoms with E-state index in [1.165, 1.54) is 22.9 Å². The molecule has 1 aromatic rings. The monoisotopic (exact) mass is 224 g/mol. The summed E-state index contributed by atoms with van der Waals surface area (Å²) in [7, 11) is 0. The van der Waals surface area contributed by atoms with Gasteiger partial charge in [0, 0.05) is 18.7 Å². The van der Waals surface area contributed by atoms with Crippen LogP contribution in [0.25, 0.3) is 0 Å². The van der Waals surface area contributed by atoms with Gasteiger partial charge in [0.25, 0.3) is 11.2 Å². The molecule has 0 aromatic carbocycles. The Balaban J connectivity index is 2.34. The standard InChI is InChI=1S/C10H12N2O4/c13-9-5-4-8(12(14)15)7-11(9)10-3-1-2-6-16-10/h4-5,7,10H,1-3,6H2. The Morgan fingerprint density at radius 2 is 2.25 bits per heavy atom. The molecule has 0 bridgehead atoms. The number of aromatic nitrogens is 1. The Bertz CT molecular complexity index is 448. The molecule has 1 fully saturated rings. The molecule has 6 heteroatoms. The fourth-order valence-corrected chi connectivity index (χ4v) is 1.77. The molecule has 16 heavy (non-hydrogen) atoms. The predicted molar refractivity (Wildman–Crippen MR) is 56.2 cm³/mol. The van der Waals surface area contributed by atoms with Gasteiger partial charge >= 0.3 is 0 Å². The van der Waals surface area contributed by atoms with Crippen LogP contribution in [0, 0.1) is 10.1 Å². The number of rotatable bonds is 2. The normalized spacial score (nSPS) is 20.6. The second kappa shape index (κ2) is 4.44. The van der Waals surface area contributed by atoms with E-state index in [1.54, 1.807) is 0 Å². The highest BCUT2D eigenvalue weighted by Crippen LogP contribution is 2.22. The first kappa shape index (κ1) is 10.8. The molecule has 2 rings (SSSR count). The Morgan fingerprint density at radius 3 is 2.88 bits per heavy atom. The molecule has 0 aliphatic carbocycles. The zero-order chi connectivity index (χ0) is 11.5. The summed E-state index contributed by atoms with van der Waals surface area (Å²) < 4.78 is 6.72. The van der Waals surface area contributed by atoms with Crippen LogP contribution in [0.5, 0.6) is 0 Å². The highest BCUT2D eigenvalue weighted by molar-refractivity contribution is 5.25. The van der Waals surface area contributed by atoms with Gasteiger partial charge in [0.2, 0.25) is 0 Å². The zero-order valence-electron chi connectivity index (χ0n) is 8.67. The Labute approximate surface area is 91.6 Å². The largest absolute Gasteiger partial charge is 0.358 e. The lowest BCUT2D eigenvalue weighted by Gasteiger charge is -2.24. The molecule has 1 unspecified atom stereocenters. The molecule has 86 valence electrons. The van der Waals surface area contributed by atoms with Crippen LogP contribution in [0.3, 0.4) is 0 Å². The molecule has 0 amide bonds. The predicted octanol–water partition coefficient (Wildman–Crippen LogP) is 1.46. The van der Waals surface area contributed by atoms with Crippen molar-refractivity contribution in [1.29, 1.82) is 0 Å². The second-order valence-corrected chi connectivity index (χ2v) is 3.71.